The fourth-order valence-electron chi connectivity index (χ4n) is 4.16. The van der Waals surface area contributed by atoms with Gasteiger partial charge >= 0.3 is 0 Å². The Labute approximate surface area is 147 Å². The van der Waals surface area contributed by atoms with E-state index in [-0.39, 0.29) is 5.91 Å². The maximum atomic E-state index is 12.2. The first kappa shape index (κ1) is 16.3. The average molecular weight is 343 g/mol. The monoisotopic (exact) mass is 343 g/mol. The van der Waals surface area contributed by atoms with Crippen molar-refractivity contribution >= 4 is 11.7 Å². The van der Waals surface area contributed by atoms with Gasteiger partial charge in [-0.25, -0.2) is 4.98 Å². The molecule has 0 radical (unpaired) electrons. The summed E-state index contributed by atoms with van der Waals surface area (Å²) in [5, 5.41) is 6.60. The van der Waals surface area contributed by atoms with Crippen LogP contribution >= 0.6 is 0 Å². The van der Waals surface area contributed by atoms with Gasteiger partial charge in [-0.05, 0) is 46.0 Å². The van der Waals surface area contributed by atoms with E-state index in [2.05, 4.69) is 26.9 Å². The first-order chi connectivity index (χ1) is 12.1. The molecule has 0 spiro atoms. The zero-order chi connectivity index (χ0) is 17.4. The number of amides is 1. The van der Waals surface area contributed by atoms with E-state index in [0.717, 1.165) is 38.2 Å². The van der Waals surface area contributed by atoms with Gasteiger partial charge in [0.25, 0.3) is 0 Å². The summed E-state index contributed by atoms with van der Waals surface area (Å²) in [6.07, 6.45) is 5.83. The van der Waals surface area contributed by atoms with Gasteiger partial charge in [0.1, 0.15) is 11.6 Å². The van der Waals surface area contributed by atoms with Crippen molar-refractivity contribution in [2.24, 2.45) is 0 Å². The van der Waals surface area contributed by atoms with Gasteiger partial charge in [0.05, 0.1) is 12.2 Å². The third kappa shape index (κ3) is 3.33. The van der Waals surface area contributed by atoms with Gasteiger partial charge in [-0.3, -0.25) is 9.69 Å². The zero-order valence-electron chi connectivity index (χ0n) is 14.9. The van der Waals surface area contributed by atoms with Crippen LogP contribution in [0.15, 0.2) is 10.6 Å². The standard InChI is InChI=1S/C18H25N5O2/c1-12-9-17(21-25-12)20-18(24)11-22-8-7-14(10-22)23-13(2)19-15-5-3-4-6-16(15)23/h9,14H,3-8,10-11H2,1-2H3,(H,20,21,24). The molecule has 25 heavy (non-hydrogen) atoms. The molecule has 7 nitrogen and oxygen atoms in total. The second-order valence-corrected chi connectivity index (χ2v) is 7.18. The summed E-state index contributed by atoms with van der Waals surface area (Å²) in [7, 11) is 0. The van der Waals surface area contributed by atoms with E-state index in [1.165, 1.54) is 24.2 Å². The molecule has 1 atom stereocenters. The number of hydrogen-bond donors (Lipinski definition) is 1. The number of anilines is 1. The Hall–Kier alpha value is -2.15. The molecule has 2 aromatic rings. The molecule has 1 aliphatic heterocycles. The Kier molecular flexibility index (Phi) is 4.33. The van der Waals surface area contributed by atoms with E-state index >= 15 is 0 Å². The number of carbonyl (C=O) groups excluding carboxylic acids is 1. The number of aromatic nitrogens is 3. The molecule has 7 heteroatoms. The minimum absolute atomic E-state index is 0.0432. The first-order valence-electron chi connectivity index (χ1n) is 9.12. The van der Waals surface area contributed by atoms with Crippen LogP contribution in [-0.4, -0.2) is 45.1 Å². The van der Waals surface area contributed by atoms with Crippen LogP contribution in [-0.2, 0) is 17.6 Å². The lowest BCUT2D eigenvalue weighted by Crippen LogP contribution is -2.32. The highest BCUT2D eigenvalue weighted by molar-refractivity contribution is 5.91. The summed E-state index contributed by atoms with van der Waals surface area (Å²) in [6, 6.07) is 2.16. The number of nitrogens with one attached hydrogen (secondary N) is 1. The minimum atomic E-state index is -0.0432. The number of carbonyl (C=O) groups is 1. The van der Waals surface area contributed by atoms with E-state index in [1.807, 2.05) is 6.92 Å². The molecule has 2 aromatic heterocycles. The van der Waals surface area contributed by atoms with Gasteiger partial charge in [0, 0.05) is 30.9 Å². The van der Waals surface area contributed by atoms with E-state index in [1.54, 1.807) is 6.07 Å². The van der Waals surface area contributed by atoms with Gasteiger partial charge in [-0.2, -0.15) is 0 Å². The molecule has 1 aliphatic carbocycles. The van der Waals surface area contributed by atoms with Gasteiger partial charge in [0.15, 0.2) is 5.82 Å². The molecule has 2 aliphatic rings. The molecular weight excluding hydrogens is 318 g/mol. The van der Waals surface area contributed by atoms with Crippen molar-refractivity contribution in [3.63, 3.8) is 0 Å². The smallest absolute Gasteiger partial charge is 0.239 e. The Morgan fingerprint density at radius 2 is 2.20 bits per heavy atom. The highest BCUT2D eigenvalue weighted by Gasteiger charge is 2.29. The topological polar surface area (TPSA) is 76.2 Å². The van der Waals surface area contributed by atoms with Crippen molar-refractivity contribution in [1.82, 2.24) is 19.6 Å². The number of nitrogens with zero attached hydrogens (tertiary/aromatic N) is 4. The number of imidazole rings is 1. The molecule has 3 heterocycles. The molecule has 1 N–H and O–H groups in total. The zero-order valence-corrected chi connectivity index (χ0v) is 14.9. The number of fused-ring (bicyclic) bond motifs is 1. The quantitative estimate of drug-likeness (QED) is 0.921. The summed E-state index contributed by atoms with van der Waals surface area (Å²) in [5.74, 6) is 2.26. The predicted molar refractivity (Wildman–Crippen MR) is 93.6 cm³/mol. The second kappa shape index (κ2) is 6.63. The van der Waals surface area contributed by atoms with Crippen molar-refractivity contribution in [1.29, 1.82) is 0 Å². The van der Waals surface area contributed by atoms with Crippen molar-refractivity contribution in [2.75, 3.05) is 25.0 Å². The number of hydrogen-bond acceptors (Lipinski definition) is 5. The molecule has 1 unspecified atom stereocenters. The lowest BCUT2D eigenvalue weighted by atomic mass is 10.0. The maximum Gasteiger partial charge on any atom is 0.239 e. The normalized spacial score (nSPS) is 20.6. The molecule has 0 aromatic carbocycles. The van der Waals surface area contributed by atoms with E-state index < -0.39 is 0 Å². The first-order valence-corrected chi connectivity index (χ1v) is 9.12. The Balaban J connectivity index is 1.38. The summed E-state index contributed by atoms with van der Waals surface area (Å²) in [4.78, 5) is 19.2. The largest absolute Gasteiger partial charge is 0.360 e. The average Bonchev–Trinajstić information content (AvgIpc) is 3.26. The van der Waals surface area contributed by atoms with Crippen LogP contribution in [0.4, 0.5) is 5.82 Å². The molecule has 0 bridgehead atoms. The van der Waals surface area contributed by atoms with E-state index in [4.69, 9.17) is 9.51 Å². The van der Waals surface area contributed by atoms with Crippen molar-refractivity contribution in [3.8, 4) is 0 Å². The second-order valence-electron chi connectivity index (χ2n) is 7.18. The molecule has 1 amide bonds. The van der Waals surface area contributed by atoms with E-state index in [9.17, 15) is 4.79 Å². The molecule has 1 fully saturated rings. The lowest BCUT2D eigenvalue weighted by molar-refractivity contribution is -0.117. The fourth-order valence-corrected chi connectivity index (χ4v) is 4.16. The minimum Gasteiger partial charge on any atom is -0.360 e. The number of likely N-dealkylation sites (tertiary alicyclic amines) is 1. The highest BCUT2D eigenvalue weighted by Crippen LogP contribution is 2.30. The lowest BCUT2D eigenvalue weighted by Gasteiger charge is -2.21. The van der Waals surface area contributed by atoms with Gasteiger partial charge in [-0.1, -0.05) is 5.16 Å². The molecule has 1 saturated heterocycles. The van der Waals surface area contributed by atoms with Crippen LogP contribution < -0.4 is 5.32 Å². The number of aryl methyl sites for hydroxylation is 3. The summed E-state index contributed by atoms with van der Waals surface area (Å²) in [6.45, 7) is 6.14. The molecular formula is C18H25N5O2. The van der Waals surface area contributed by atoms with Crippen LogP contribution in [0, 0.1) is 13.8 Å². The highest BCUT2D eigenvalue weighted by atomic mass is 16.5. The third-order valence-corrected chi connectivity index (χ3v) is 5.22. The Bertz CT molecular complexity index is 779. The molecule has 4 rings (SSSR count). The van der Waals surface area contributed by atoms with E-state index in [0.29, 0.717) is 24.2 Å². The van der Waals surface area contributed by atoms with Crippen molar-refractivity contribution < 1.29 is 9.32 Å². The number of rotatable bonds is 4. The van der Waals surface area contributed by atoms with Crippen LogP contribution in [0.3, 0.4) is 0 Å². The van der Waals surface area contributed by atoms with Crippen LogP contribution in [0.2, 0.25) is 0 Å². The van der Waals surface area contributed by atoms with Gasteiger partial charge in [0.2, 0.25) is 5.91 Å². The maximum absolute atomic E-state index is 12.2. The van der Waals surface area contributed by atoms with Gasteiger partial charge < -0.3 is 14.4 Å². The SMILES string of the molecule is Cc1cc(NC(=O)CN2CCC(n3c(C)nc4c3CCCC4)C2)no1. The summed E-state index contributed by atoms with van der Waals surface area (Å²) >= 11 is 0. The summed E-state index contributed by atoms with van der Waals surface area (Å²) < 4.78 is 7.42. The van der Waals surface area contributed by atoms with Crippen molar-refractivity contribution in [3.05, 3.63) is 29.0 Å². The Morgan fingerprint density at radius 1 is 1.36 bits per heavy atom. The van der Waals surface area contributed by atoms with Crippen molar-refractivity contribution in [2.45, 2.75) is 52.0 Å². The predicted octanol–water partition coefficient (Wildman–Crippen LogP) is 2.25. The summed E-state index contributed by atoms with van der Waals surface area (Å²) in [5.41, 5.74) is 2.72. The van der Waals surface area contributed by atoms with Crippen LogP contribution in [0.25, 0.3) is 0 Å². The Morgan fingerprint density at radius 3 is 3.00 bits per heavy atom. The molecule has 0 saturated carbocycles. The third-order valence-electron chi connectivity index (χ3n) is 5.22. The fraction of sp³-hybridized carbons (Fsp3) is 0.611. The van der Waals surface area contributed by atoms with Crippen LogP contribution in [0.5, 0.6) is 0 Å². The molecule has 134 valence electrons. The van der Waals surface area contributed by atoms with Crippen LogP contribution in [0.1, 0.15) is 48.3 Å². The van der Waals surface area contributed by atoms with Gasteiger partial charge in [-0.15, -0.1) is 0 Å².